The van der Waals surface area contributed by atoms with Crippen molar-refractivity contribution in [1.29, 1.82) is 0 Å². The van der Waals surface area contributed by atoms with Crippen molar-refractivity contribution in [3.05, 3.63) is 255 Å². The highest BCUT2D eigenvalue weighted by Gasteiger charge is 2.30. The molecule has 0 saturated heterocycles. The third-order valence-electron chi connectivity index (χ3n) is 14.0. The third-order valence-corrected chi connectivity index (χ3v) is 14.0. The minimum absolute atomic E-state index is 0.800. The van der Waals surface area contributed by atoms with Crippen molar-refractivity contribution in [2.75, 3.05) is 9.80 Å². The predicted molar refractivity (Wildman–Crippen MR) is 290 cm³/mol. The van der Waals surface area contributed by atoms with Crippen LogP contribution in [-0.2, 0) is 0 Å². The van der Waals surface area contributed by atoms with Crippen molar-refractivity contribution in [2.24, 2.45) is 0 Å². The highest BCUT2D eigenvalue weighted by Crippen LogP contribution is 2.57. The van der Waals surface area contributed by atoms with E-state index in [1.165, 1.54) is 16.2 Å². The van der Waals surface area contributed by atoms with Crippen LogP contribution in [0.15, 0.2) is 255 Å². The minimum atomic E-state index is 0.800. The van der Waals surface area contributed by atoms with Crippen molar-refractivity contribution in [3.8, 4) is 67.5 Å². The summed E-state index contributed by atoms with van der Waals surface area (Å²) in [6.07, 6.45) is 0. The van der Waals surface area contributed by atoms with Gasteiger partial charge in [-0.25, -0.2) is 0 Å². The molecular weight excluding hydrogens is 853 g/mol. The quantitative estimate of drug-likeness (QED) is 0.142. The molecule has 0 aliphatic carbocycles. The lowest BCUT2D eigenvalue weighted by Crippen LogP contribution is -2.12. The molecule has 2 heterocycles. The smallest absolute Gasteiger partial charge is 0.137 e. The van der Waals surface area contributed by atoms with Gasteiger partial charge in [-0.2, -0.15) is 0 Å². The number of rotatable bonds is 8. The first-order chi connectivity index (χ1) is 34.7. The molecule has 0 aromatic heterocycles. The van der Waals surface area contributed by atoms with Crippen LogP contribution in [0.2, 0.25) is 0 Å². The molecule has 14 rings (SSSR count). The SMILES string of the molecule is c1ccc(-c2cc(-c3ccccc3)cc(N(c3ccc4c(c3)Oc3ccc5c6c(ccc-4c36)Oc3cc(N(c4ccccc4)c4ccccc4)ccc3-5)c3cc4ccccc4c4ccccc34)c2)cc1. The molecule has 2 aliphatic heterocycles. The maximum absolute atomic E-state index is 7.08. The number of fused-ring (bicyclic) bond motifs is 7. The zero-order valence-electron chi connectivity index (χ0n) is 38.0. The van der Waals surface area contributed by atoms with Gasteiger partial charge in [-0.1, -0.05) is 146 Å². The van der Waals surface area contributed by atoms with Crippen molar-refractivity contribution < 1.29 is 9.47 Å². The molecule has 12 aromatic rings. The lowest BCUT2D eigenvalue weighted by molar-refractivity contribution is 0.480. The van der Waals surface area contributed by atoms with E-state index in [4.69, 9.17) is 9.47 Å². The molecule has 0 amide bonds. The average molecular weight is 895 g/mol. The minimum Gasteiger partial charge on any atom is -0.456 e. The van der Waals surface area contributed by atoms with Gasteiger partial charge in [0.05, 0.1) is 5.69 Å². The molecular formula is C66H42N2O2. The van der Waals surface area contributed by atoms with E-state index in [0.717, 1.165) is 118 Å². The number of ether oxygens (including phenoxy) is 2. The average Bonchev–Trinajstić information content (AvgIpc) is 3.43. The van der Waals surface area contributed by atoms with Crippen LogP contribution < -0.4 is 19.3 Å². The summed E-state index contributed by atoms with van der Waals surface area (Å²) in [5, 5.41) is 6.88. The summed E-state index contributed by atoms with van der Waals surface area (Å²) in [6.45, 7) is 0. The van der Waals surface area contributed by atoms with Crippen molar-refractivity contribution in [1.82, 2.24) is 0 Å². The second kappa shape index (κ2) is 16.2. The van der Waals surface area contributed by atoms with E-state index in [1.807, 2.05) is 0 Å². The van der Waals surface area contributed by atoms with Gasteiger partial charge in [0.1, 0.15) is 23.0 Å². The van der Waals surface area contributed by atoms with Crippen LogP contribution in [0.25, 0.3) is 76.8 Å². The van der Waals surface area contributed by atoms with Crippen molar-refractivity contribution in [2.45, 2.75) is 0 Å². The fourth-order valence-corrected chi connectivity index (χ4v) is 10.8. The summed E-state index contributed by atoms with van der Waals surface area (Å²) < 4.78 is 14.0. The molecule has 0 spiro atoms. The molecule has 70 heavy (non-hydrogen) atoms. The van der Waals surface area contributed by atoms with Gasteiger partial charge in [-0.15, -0.1) is 0 Å². The Bertz CT molecular complexity index is 3910. The molecule has 4 nitrogen and oxygen atoms in total. The molecule has 0 atom stereocenters. The Kier molecular flexibility index (Phi) is 9.17. The number of benzene rings is 12. The van der Waals surface area contributed by atoms with Crippen LogP contribution in [0.1, 0.15) is 0 Å². The van der Waals surface area contributed by atoms with E-state index in [-0.39, 0.29) is 0 Å². The van der Waals surface area contributed by atoms with E-state index in [0.29, 0.717) is 0 Å². The van der Waals surface area contributed by atoms with Gasteiger partial charge in [0.25, 0.3) is 0 Å². The fourth-order valence-electron chi connectivity index (χ4n) is 10.8. The molecule has 0 radical (unpaired) electrons. The van der Waals surface area contributed by atoms with Gasteiger partial charge in [-0.3, -0.25) is 0 Å². The van der Waals surface area contributed by atoms with Crippen LogP contribution in [0.4, 0.5) is 34.1 Å². The predicted octanol–water partition coefficient (Wildman–Crippen LogP) is 19.0. The Labute approximate surface area is 406 Å². The number of hydrogen-bond acceptors (Lipinski definition) is 4. The standard InChI is InChI=1S/C66H42N2O2/c1-5-17-43(18-6-1)46-37-47(44-19-7-2-8-20-44)39-52(38-46)68(60-40-45-21-13-14-26-53(45)54-27-15-16-28-55(54)60)51-30-32-57-59-34-35-61-65-58(33-36-62(66(59)65)70-64(57)42-51)56-31-29-50(41-63(56)69-61)67(48-22-9-3-10-23-48)49-24-11-4-12-25-49/h1-42H. The van der Waals surface area contributed by atoms with Gasteiger partial charge in [0.2, 0.25) is 0 Å². The molecule has 12 aromatic carbocycles. The van der Waals surface area contributed by atoms with E-state index in [9.17, 15) is 0 Å². The summed E-state index contributed by atoms with van der Waals surface area (Å²) in [4.78, 5) is 4.69. The molecule has 2 aliphatic rings. The topological polar surface area (TPSA) is 24.9 Å². The zero-order chi connectivity index (χ0) is 46.1. The normalized spacial score (nSPS) is 11.9. The Balaban J connectivity index is 0.924. The number of hydrogen-bond donors (Lipinski definition) is 0. The Morgan fingerprint density at radius 2 is 0.686 bits per heavy atom. The zero-order valence-corrected chi connectivity index (χ0v) is 38.0. The molecule has 0 fully saturated rings. The molecule has 0 N–H and O–H groups in total. The fraction of sp³-hybridized carbons (Fsp3) is 0. The third kappa shape index (κ3) is 6.53. The second-order valence-corrected chi connectivity index (χ2v) is 18.0. The van der Waals surface area contributed by atoms with Crippen LogP contribution in [0, 0.1) is 0 Å². The first-order valence-electron chi connectivity index (χ1n) is 23.8. The van der Waals surface area contributed by atoms with Crippen LogP contribution >= 0.6 is 0 Å². The van der Waals surface area contributed by atoms with Crippen molar-refractivity contribution >= 4 is 66.4 Å². The van der Waals surface area contributed by atoms with Gasteiger partial charge >= 0.3 is 0 Å². The summed E-state index contributed by atoms with van der Waals surface area (Å²) >= 11 is 0. The lowest BCUT2D eigenvalue weighted by atomic mass is 9.88. The monoisotopic (exact) mass is 894 g/mol. The van der Waals surface area contributed by atoms with Gasteiger partial charge in [0.15, 0.2) is 0 Å². The molecule has 0 bridgehead atoms. The second-order valence-electron chi connectivity index (χ2n) is 18.0. The molecule has 0 unspecified atom stereocenters. The van der Waals surface area contributed by atoms with Crippen LogP contribution in [-0.4, -0.2) is 0 Å². The largest absolute Gasteiger partial charge is 0.456 e. The van der Waals surface area contributed by atoms with Gasteiger partial charge in [-0.05, 0) is 147 Å². The summed E-state index contributed by atoms with van der Waals surface area (Å²) in [7, 11) is 0. The van der Waals surface area contributed by atoms with Gasteiger partial charge < -0.3 is 19.3 Å². The van der Waals surface area contributed by atoms with E-state index >= 15 is 0 Å². The van der Waals surface area contributed by atoms with E-state index in [2.05, 4.69) is 265 Å². The molecule has 0 saturated carbocycles. The van der Waals surface area contributed by atoms with Crippen molar-refractivity contribution in [3.63, 3.8) is 0 Å². The summed E-state index contributed by atoms with van der Waals surface area (Å²) in [5.74, 6) is 3.24. The summed E-state index contributed by atoms with van der Waals surface area (Å²) in [5.41, 5.74) is 15.2. The maximum Gasteiger partial charge on any atom is 0.137 e. The van der Waals surface area contributed by atoms with Crippen LogP contribution in [0.5, 0.6) is 23.0 Å². The maximum atomic E-state index is 7.08. The molecule has 4 heteroatoms. The number of nitrogens with zero attached hydrogens (tertiary/aromatic N) is 2. The van der Waals surface area contributed by atoms with Crippen LogP contribution in [0.3, 0.4) is 0 Å². The van der Waals surface area contributed by atoms with Gasteiger partial charge in [0, 0.05) is 67.9 Å². The highest BCUT2D eigenvalue weighted by atomic mass is 16.5. The first kappa shape index (κ1) is 39.8. The number of para-hydroxylation sites is 2. The molecule has 328 valence electrons. The van der Waals surface area contributed by atoms with E-state index in [1.54, 1.807) is 0 Å². The Hall–Kier alpha value is -9.38. The summed E-state index contributed by atoms with van der Waals surface area (Å²) in [6, 6.07) is 91.0. The Morgan fingerprint density at radius 1 is 0.243 bits per heavy atom. The number of anilines is 6. The highest BCUT2D eigenvalue weighted by molar-refractivity contribution is 6.16. The Morgan fingerprint density at radius 3 is 1.23 bits per heavy atom. The lowest BCUT2D eigenvalue weighted by Gasteiger charge is -2.31. The first-order valence-corrected chi connectivity index (χ1v) is 23.8. The van der Waals surface area contributed by atoms with E-state index < -0.39 is 0 Å².